The Balaban J connectivity index is 2.16. The van der Waals surface area contributed by atoms with E-state index < -0.39 is 0 Å². The summed E-state index contributed by atoms with van der Waals surface area (Å²) in [6, 6.07) is 0. The zero-order valence-corrected chi connectivity index (χ0v) is 11.0. The first-order valence-corrected chi connectivity index (χ1v) is 6.74. The minimum absolute atomic E-state index is 0.193. The maximum absolute atomic E-state index is 11.9. The Labute approximate surface area is 107 Å². The van der Waals surface area contributed by atoms with Crippen LogP contribution in [0, 0.1) is 17.8 Å². The Bertz CT molecular complexity index is 372. The first kappa shape index (κ1) is 13.1. The van der Waals surface area contributed by atoms with Gasteiger partial charge in [-0.15, -0.1) is 0 Å². The van der Waals surface area contributed by atoms with Crippen LogP contribution in [0.15, 0.2) is 11.6 Å². The summed E-state index contributed by atoms with van der Waals surface area (Å²) in [4.78, 5) is 23.8. The third-order valence-corrected chi connectivity index (χ3v) is 3.86. The lowest BCUT2D eigenvalue weighted by molar-refractivity contribution is -0.148. The molecule has 0 aliphatic heterocycles. The van der Waals surface area contributed by atoms with Crippen LogP contribution in [0.3, 0.4) is 0 Å². The average molecular weight is 252 g/mol. The highest BCUT2D eigenvalue weighted by Gasteiger charge is 2.46. The summed E-state index contributed by atoms with van der Waals surface area (Å²) in [5.41, 5.74) is 0.692. The Morgan fingerprint density at radius 3 is 2.61 bits per heavy atom. The molecule has 0 amide bonds. The lowest BCUT2D eigenvalue weighted by atomic mass is 9.89. The number of hydrogen-bond acceptors (Lipinski definition) is 4. The van der Waals surface area contributed by atoms with Gasteiger partial charge in [0.15, 0.2) is 0 Å². The van der Waals surface area contributed by atoms with E-state index in [1.165, 1.54) is 0 Å². The fourth-order valence-electron chi connectivity index (χ4n) is 3.16. The predicted molar refractivity (Wildman–Crippen MR) is 65.7 cm³/mol. The Morgan fingerprint density at radius 1 is 1.22 bits per heavy atom. The van der Waals surface area contributed by atoms with Crippen LogP contribution in [0.4, 0.5) is 0 Å². The lowest BCUT2D eigenvalue weighted by Gasteiger charge is -2.17. The summed E-state index contributed by atoms with van der Waals surface area (Å²) in [5, 5.41) is 0. The molecule has 2 aliphatic rings. The Morgan fingerprint density at radius 2 is 1.94 bits per heavy atom. The second-order valence-corrected chi connectivity index (χ2v) is 4.82. The van der Waals surface area contributed by atoms with Gasteiger partial charge >= 0.3 is 11.9 Å². The summed E-state index contributed by atoms with van der Waals surface area (Å²) < 4.78 is 10.1. The molecular formula is C14H20O4. The topological polar surface area (TPSA) is 52.6 Å². The van der Waals surface area contributed by atoms with E-state index in [1.54, 1.807) is 19.9 Å². The van der Waals surface area contributed by atoms with Crippen molar-refractivity contribution in [2.75, 3.05) is 13.2 Å². The minimum atomic E-state index is -0.263. The molecule has 0 spiro atoms. The van der Waals surface area contributed by atoms with Crippen molar-refractivity contribution in [2.45, 2.75) is 33.1 Å². The van der Waals surface area contributed by atoms with Crippen LogP contribution in [0.2, 0.25) is 0 Å². The van der Waals surface area contributed by atoms with Gasteiger partial charge in [0, 0.05) is 5.57 Å². The highest BCUT2D eigenvalue weighted by molar-refractivity contribution is 5.92. The zero-order chi connectivity index (χ0) is 13.1. The van der Waals surface area contributed by atoms with Crippen molar-refractivity contribution in [1.29, 1.82) is 0 Å². The van der Waals surface area contributed by atoms with Crippen molar-refractivity contribution in [1.82, 2.24) is 0 Å². The van der Waals surface area contributed by atoms with E-state index in [0.717, 1.165) is 19.3 Å². The number of fused-ring (bicyclic) bond motifs is 1. The third kappa shape index (κ3) is 2.28. The van der Waals surface area contributed by atoms with Gasteiger partial charge in [-0.1, -0.05) is 12.5 Å². The van der Waals surface area contributed by atoms with Gasteiger partial charge < -0.3 is 9.47 Å². The molecule has 3 atom stereocenters. The number of ether oxygens (including phenoxy) is 2. The molecule has 0 aromatic carbocycles. The smallest absolute Gasteiger partial charge is 0.333 e. The van der Waals surface area contributed by atoms with E-state index >= 15 is 0 Å². The van der Waals surface area contributed by atoms with Gasteiger partial charge in [-0.25, -0.2) is 4.79 Å². The first-order valence-electron chi connectivity index (χ1n) is 6.74. The van der Waals surface area contributed by atoms with Crippen molar-refractivity contribution in [3.8, 4) is 0 Å². The van der Waals surface area contributed by atoms with Crippen LogP contribution in [-0.4, -0.2) is 25.2 Å². The Hall–Kier alpha value is -1.32. The highest BCUT2D eigenvalue weighted by Crippen LogP contribution is 2.47. The predicted octanol–water partition coefficient (Wildman–Crippen LogP) is 2.09. The molecule has 0 aromatic heterocycles. The molecule has 0 N–H and O–H groups in total. The molecule has 2 aliphatic carbocycles. The SMILES string of the molecule is CCOC(=O)C1=C[C@@H](C(=O)OCC)[C@@H]2CCC[C@H]12. The summed E-state index contributed by atoms with van der Waals surface area (Å²) in [7, 11) is 0. The van der Waals surface area contributed by atoms with Gasteiger partial charge in [-0.3, -0.25) is 4.79 Å². The van der Waals surface area contributed by atoms with Crippen LogP contribution < -0.4 is 0 Å². The minimum Gasteiger partial charge on any atom is -0.466 e. The summed E-state index contributed by atoms with van der Waals surface area (Å²) in [6.45, 7) is 4.35. The standard InChI is InChI=1S/C14H20O4/c1-3-17-13(15)11-8-12(14(16)18-4-2)10-7-5-6-9(10)11/h8-11H,3-7H2,1-2H3/t9-,10+,11-/m1/s1. The summed E-state index contributed by atoms with van der Waals surface area (Å²) in [6.07, 6.45) is 4.82. The second kappa shape index (κ2) is 5.55. The highest BCUT2D eigenvalue weighted by atomic mass is 16.5. The molecule has 18 heavy (non-hydrogen) atoms. The van der Waals surface area contributed by atoms with Gasteiger partial charge in [0.05, 0.1) is 19.1 Å². The second-order valence-electron chi connectivity index (χ2n) is 4.82. The number of carbonyl (C=O) groups is 2. The van der Waals surface area contributed by atoms with Gasteiger partial charge in [0.1, 0.15) is 0 Å². The largest absolute Gasteiger partial charge is 0.466 e. The number of esters is 2. The quantitative estimate of drug-likeness (QED) is 0.719. The molecule has 4 nitrogen and oxygen atoms in total. The molecule has 0 aromatic rings. The fraction of sp³-hybridized carbons (Fsp3) is 0.714. The first-order chi connectivity index (χ1) is 8.69. The molecule has 0 radical (unpaired) electrons. The summed E-state index contributed by atoms with van der Waals surface area (Å²) >= 11 is 0. The van der Waals surface area contributed by atoms with Crippen LogP contribution >= 0.6 is 0 Å². The van der Waals surface area contributed by atoms with Crippen molar-refractivity contribution in [2.24, 2.45) is 17.8 Å². The number of hydrogen-bond donors (Lipinski definition) is 0. The van der Waals surface area contributed by atoms with E-state index in [4.69, 9.17) is 9.47 Å². The van der Waals surface area contributed by atoms with E-state index in [0.29, 0.717) is 18.8 Å². The molecule has 100 valence electrons. The van der Waals surface area contributed by atoms with Crippen molar-refractivity contribution < 1.29 is 19.1 Å². The molecular weight excluding hydrogens is 232 g/mol. The van der Waals surface area contributed by atoms with E-state index in [9.17, 15) is 9.59 Å². The van der Waals surface area contributed by atoms with Gasteiger partial charge in [0.2, 0.25) is 0 Å². The van der Waals surface area contributed by atoms with Gasteiger partial charge in [-0.05, 0) is 38.5 Å². The van der Waals surface area contributed by atoms with Crippen molar-refractivity contribution in [3.63, 3.8) is 0 Å². The molecule has 2 rings (SSSR count). The van der Waals surface area contributed by atoms with Crippen molar-refractivity contribution in [3.05, 3.63) is 11.6 Å². The fourth-order valence-corrected chi connectivity index (χ4v) is 3.16. The van der Waals surface area contributed by atoms with E-state index in [-0.39, 0.29) is 29.7 Å². The monoisotopic (exact) mass is 252 g/mol. The van der Waals surface area contributed by atoms with Crippen LogP contribution in [0.25, 0.3) is 0 Å². The Kier molecular flexibility index (Phi) is 4.04. The van der Waals surface area contributed by atoms with Crippen LogP contribution in [0.1, 0.15) is 33.1 Å². The van der Waals surface area contributed by atoms with Gasteiger partial charge in [-0.2, -0.15) is 0 Å². The summed E-state index contributed by atoms with van der Waals surface area (Å²) in [5.74, 6) is -0.284. The zero-order valence-electron chi connectivity index (χ0n) is 11.0. The van der Waals surface area contributed by atoms with E-state index in [2.05, 4.69) is 0 Å². The third-order valence-electron chi connectivity index (χ3n) is 3.86. The molecule has 4 heteroatoms. The molecule has 0 bridgehead atoms. The molecule has 1 fully saturated rings. The number of rotatable bonds is 4. The lowest BCUT2D eigenvalue weighted by Crippen LogP contribution is -2.22. The van der Waals surface area contributed by atoms with E-state index in [1.807, 2.05) is 0 Å². The van der Waals surface area contributed by atoms with Crippen LogP contribution in [0.5, 0.6) is 0 Å². The normalized spacial score (nSPS) is 29.7. The maximum atomic E-state index is 11.9. The average Bonchev–Trinajstić information content (AvgIpc) is 2.89. The number of carbonyl (C=O) groups excluding carboxylic acids is 2. The maximum Gasteiger partial charge on any atom is 0.333 e. The molecule has 0 heterocycles. The van der Waals surface area contributed by atoms with Crippen LogP contribution in [-0.2, 0) is 19.1 Å². The van der Waals surface area contributed by atoms with Crippen molar-refractivity contribution >= 4 is 11.9 Å². The molecule has 1 saturated carbocycles. The molecule has 0 saturated heterocycles. The van der Waals surface area contributed by atoms with Gasteiger partial charge in [0.25, 0.3) is 0 Å². The molecule has 0 unspecified atom stereocenters.